The van der Waals surface area contributed by atoms with Gasteiger partial charge in [-0.1, -0.05) is 42.5 Å². The van der Waals surface area contributed by atoms with Crippen LogP contribution in [0.25, 0.3) is 33.3 Å². The zero-order chi connectivity index (χ0) is 20.0. The third-order valence-corrected chi connectivity index (χ3v) is 5.07. The van der Waals surface area contributed by atoms with Crippen molar-refractivity contribution in [2.24, 2.45) is 0 Å². The summed E-state index contributed by atoms with van der Waals surface area (Å²) in [5.74, 6) is 0.848. The number of nitrogens with two attached hydrogens (primary N) is 1. The summed E-state index contributed by atoms with van der Waals surface area (Å²) in [5, 5.41) is 0.546. The van der Waals surface area contributed by atoms with Crippen LogP contribution in [-0.4, -0.2) is 19.5 Å². The van der Waals surface area contributed by atoms with Crippen LogP contribution >= 0.6 is 0 Å². The first-order valence-electron chi connectivity index (χ1n) is 9.19. The third-order valence-electron chi connectivity index (χ3n) is 5.07. The summed E-state index contributed by atoms with van der Waals surface area (Å²) in [6.07, 6.45) is 3.04. The highest BCUT2D eigenvalue weighted by Crippen LogP contribution is 2.32. The summed E-state index contributed by atoms with van der Waals surface area (Å²) in [6, 6.07) is 16.4. The van der Waals surface area contributed by atoms with E-state index >= 15 is 0 Å². The minimum absolute atomic E-state index is 0.0709. The average molecular weight is 383 g/mol. The molecule has 0 bridgehead atoms. The van der Waals surface area contributed by atoms with Crippen LogP contribution in [0.2, 0.25) is 0 Å². The molecule has 0 amide bonds. The fourth-order valence-corrected chi connectivity index (χ4v) is 3.61. The summed E-state index contributed by atoms with van der Waals surface area (Å²) < 4.78 is 8.11. The number of hydrogen-bond donors (Lipinski definition) is 1. The van der Waals surface area contributed by atoms with Gasteiger partial charge < -0.3 is 14.7 Å². The van der Waals surface area contributed by atoms with Crippen molar-refractivity contribution in [2.75, 3.05) is 5.73 Å². The van der Waals surface area contributed by atoms with Gasteiger partial charge in [-0.25, -0.2) is 15.0 Å². The number of anilines is 1. The van der Waals surface area contributed by atoms with Crippen molar-refractivity contribution in [1.82, 2.24) is 19.5 Å². The van der Waals surface area contributed by atoms with E-state index in [-0.39, 0.29) is 11.5 Å². The monoisotopic (exact) mass is 383 g/mol. The average Bonchev–Trinajstić information content (AvgIpc) is 3.19. The molecule has 7 nitrogen and oxygen atoms in total. The SMILES string of the molecule is CC(c1oc2ccccc2c(=O)c1-c1ccccc1)n1cnc2c(N)ncnc21. The summed E-state index contributed by atoms with van der Waals surface area (Å²) in [4.78, 5) is 26.1. The zero-order valence-corrected chi connectivity index (χ0v) is 15.6. The van der Waals surface area contributed by atoms with Crippen LogP contribution in [0.1, 0.15) is 18.7 Å². The number of nitrogen functional groups attached to an aromatic ring is 1. The van der Waals surface area contributed by atoms with E-state index < -0.39 is 0 Å². The van der Waals surface area contributed by atoms with Gasteiger partial charge in [0.2, 0.25) is 5.43 Å². The Kier molecular flexibility index (Phi) is 3.87. The standard InChI is InChI=1S/C22H17N5O2/c1-13(27-12-26-18-21(23)24-11-25-22(18)27)20-17(14-7-3-2-4-8-14)19(28)15-9-5-6-10-16(15)29-20/h2-13H,1H3,(H2,23,24,25). The van der Waals surface area contributed by atoms with E-state index in [0.717, 1.165) is 5.56 Å². The summed E-state index contributed by atoms with van der Waals surface area (Å²) in [7, 11) is 0. The van der Waals surface area contributed by atoms with Gasteiger partial charge in [0, 0.05) is 0 Å². The molecule has 0 fully saturated rings. The number of para-hydroxylation sites is 1. The van der Waals surface area contributed by atoms with Crippen LogP contribution in [0.3, 0.4) is 0 Å². The predicted octanol–water partition coefficient (Wildman–Crippen LogP) is 3.79. The lowest BCUT2D eigenvalue weighted by molar-refractivity contribution is 0.468. The highest BCUT2D eigenvalue weighted by Gasteiger charge is 2.24. The highest BCUT2D eigenvalue weighted by molar-refractivity contribution is 5.84. The highest BCUT2D eigenvalue weighted by atomic mass is 16.3. The molecule has 1 unspecified atom stereocenters. The largest absolute Gasteiger partial charge is 0.458 e. The van der Waals surface area contributed by atoms with Crippen LogP contribution < -0.4 is 11.2 Å². The van der Waals surface area contributed by atoms with Gasteiger partial charge in [-0.3, -0.25) is 4.79 Å². The lowest BCUT2D eigenvalue weighted by Crippen LogP contribution is -2.15. The van der Waals surface area contributed by atoms with Gasteiger partial charge in [0.25, 0.3) is 0 Å². The van der Waals surface area contributed by atoms with Gasteiger partial charge in [-0.05, 0) is 24.6 Å². The lowest BCUT2D eigenvalue weighted by atomic mass is 9.99. The molecule has 0 spiro atoms. The number of rotatable bonds is 3. The van der Waals surface area contributed by atoms with Gasteiger partial charge in [0.1, 0.15) is 23.2 Å². The third kappa shape index (κ3) is 2.67. The number of hydrogen-bond acceptors (Lipinski definition) is 6. The number of imidazole rings is 1. The number of fused-ring (bicyclic) bond motifs is 2. The van der Waals surface area contributed by atoms with Crippen LogP contribution in [0, 0.1) is 0 Å². The number of aromatic nitrogens is 4. The van der Waals surface area contributed by atoms with Crippen LogP contribution in [0.4, 0.5) is 5.82 Å². The Bertz CT molecular complexity index is 1410. The minimum Gasteiger partial charge on any atom is -0.458 e. The van der Waals surface area contributed by atoms with Crippen molar-refractivity contribution < 1.29 is 4.42 Å². The van der Waals surface area contributed by atoms with E-state index in [2.05, 4.69) is 15.0 Å². The molecule has 3 heterocycles. The maximum atomic E-state index is 13.4. The summed E-state index contributed by atoms with van der Waals surface area (Å²) in [5.41, 5.74) is 8.82. The maximum absolute atomic E-state index is 13.4. The lowest BCUT2D eigenvalue weighted by Gasteiger charge is -2.17. The van der Waals surface area contributed by atoms with Crippen LogP contribution in [0.15, 0.2) is 76.5 Å². The van der Waals surface area contributed by atoms with Crippen molar-refractivity contribution in [3.05, 3.63) is 83.2 Å². The van der Waals surface area contributed by atoms with E-state index in [1.54, 1.807) is 18.5 Å². The van der Waals surface area contributed by atoms with E-state index in [4.69, 9.17) is 10.2 Å². The molecular formula is C22H17N5O2. The molecule has 0 saturated heterocycles. The van der Waals surface area contributed by atoms with Gasteiger partial charge in [-0.2, -0.15) is 0 Å². The Morgan fingerprint density at radius 1 is 1.00 bits per heavy atom. The molecule has 3 aromatic heterocycles. The molecule has 0 aliphatic rings. The van der Waals surface area contributed by atoms with E-state index in [0.29, 0.717) is 39.3 Å². The van der Waals surface area contributed by atoms with E-state index in [1.165, 1.54) is 6.33 Å². The van der Waals surface area contributed by atoms with Crippen LogP contribution in [-0.2, 0) is 0 Å². The molecule has 0 aliphatic heterocycles. The molecule has 2 N–H and O–H groups in total. The molecule has 5 aromatic rings. The number of benzene rings is 2. The summed E-state index contributed by atoms with van der Waals surface area (Å²) >= 11 is 0. The molecule has 29 heavy (non-hydrogen) atoms. The zero-order valence-electron chi connectivity index (χ0n) is 15.6. The fraction of sp³-hybridized carbons (Fsp3) is 0.0909. The Labute approximate surface area is 165 Å². The Morgan fingerprint density at radius 3 is 2.59 bits per heavy atom. The van der Waals surface area contributed by atoms with Gasteiger partial charge in [0.05, 0.1) is 23.3 Å². The first-order chi connectivity index (χ1) is 14.1. The molecule has 7 heteroatoms. The molecule has 2 aromatic carbocycles. The molecule has 0 saturated carbocycles. The first-order valence-corrected chi connectivity index (χ1v) is 9.19. The first kappa shape index (κ1) is 17.1. The van der Waals surface area contributed by atoms with Crippen molar-refractivity contribution in [1.29, 1.82) is 0 Å². The van der Waals surface area contributed by atoms with Gasteiger partial charge >= 0.3 is 0 Å². The summed E-state index contributed by atoms with van der Waals surface area (Å²) in [6.45, 7) is 1.94. The smallest absolute Gasteiger partial charge is 0.200 e. The van der Waals surface area contributed by atoms with Gasteiger partial charge in [-0.15, -0.1) is 0 Å². The quantitative estimate of drug-likeness (QED) is 0.509. The normalized spacial score (nSPS) is 12.4. The van der Waals surface area contributed by atoms with Crippen molar-refractivity contribution in [3.8, 4) is 11.1 Å². The molecule has 0 aliphatic carbocycles. The second-order valence-corrected chi connectivity index (χ2v) is 6.79. The fourth-order valence-electron chi connectivity index (χ4n) is 3.61. The van der Waals surface area contributed by atoms with Crippen molar-refractivity contribution in [2.45, 2.75) is 13.0 Å². The Balaban J connectivity index is 1.81. The predicted molar refractivity (Wildman–Crippen MR) is 111 cm³/mol. The second-order valence-electron chi connectivity index (χ2n) is 6.79. The molecular weight excluding hydrogens is 366 g/mol. The molecule has 5 rings (SSSR count). The topological polar surface area (TPSA) is 99.8 Å². The molecule has 0 radical (unpaired) electrons. The maximum Gasteiger partial charge on any atom is 0.200 e. The second kappa shape index (κ2) is 6.56. The van der Waals surface area contributed by atoms with Gasteiger partial charge in [0.15, 0.2) is 11.5 Å². The number of nitrogens with zero attached hydrogens (tertiary/aromatic N) is 4. The minimum atomic E-state index is -0.346. The Hall–Kier alpha value is -4.00. The van der Waals surface area contributed by atoms with Crippen molar-refractivity contribution >= 4 is 28.0 Å². The molecule has 1 atom stereocenters. The van der Waals surface area contributed by atoms with E-state index in [9.17, 15) is 4.79 Å². The Morgan fingerprint density at radius 2 is 1.76 bits per heavy atom. The van der Waals surface area contributed by atoms with Crippen LogP contribution in [0.5, 0.6) is 0 Å². The van der Waals surface area contributed by atoms with Crippen molar-refractivity contribution in [3.63, 3.8) is 0 Å². The molecule has 142 valence electrons. The van der Waals surface area contributed by atoms with E-state index in [1.807, 2.05) is 54.0 Å².